The van der Waals surface area contributed by atoms with E-state index < -0.39 is 17.7 Å². The molecule has 0 spiro atoms. The van der Waals surface area contributed by atoms with Crippen LogP contribution in [0.4, 0.5) is 0 Å². The van der Waals surface area contributed by atoms with Gasteiger partial charge in [-0.3, -0.25) is 9.59 Å². The summed E-state index contributed by atoms with van der Waals surface area (Å²) in [6, 6.07) is 13.5. The zero-order chi connectivity index (χ0) is 24.7. The van der Waals surface area contributed by atoms with Crippen LogP contribution in [0.1, 0.15) is 44.4 Å². The van der Waals surface area contributed by atoms with Crippen LogP contribution in [-0.2, 0) is 9.59 Å². The Morgan fingerprint density at radius 2 is 1.74 bits per heavy atom. The highest BCUT2D eigenvalue weighted by Gasteiger charge is 2.45. The third-order valence-corrected chi connectivity index (χ3v) is 6.16. The average molecular weight is 467 g/mol. The molecule has 1 amide bonds. The number of hydrogen-bond donors (Lipinski definition) is 1. The molecule has 1 heterocycles. The van der Waals surface area contributed by atoms with Crippen LogP contribution < -0.4 is 9.47 Å². The summed E-state index contributed by atoms with van der Waals surface area (Å²) in [5.41, 5.74) is 1.27. The van der Waals surface area contributed by atoms with Gasteiger partial charge in [0.05, 0.1) is 25.3 Å². The number of amides is 1. The van der Waals surface area contributed by atoms with Crippen molar-refractivity contribution in [2.24, 2.45) is 0 Å². The molecule has 2 aromatic carbocycles. The molecule has 182 valence electrons. The van der Waals surface area contributed by atoms with E-state index in [1.54, 1.807) is 48.4 Å². The number of likely N-dealkylation sites (tertiary alicyclic amines) is 1. The number of rotatable bonds is 11. The van der Waals surface area contributed by atoms with Gasteiger partial charge in [0.15, 0.2) is 0 Å². The Labute approximate surface area is 201 Å². The van der Waals surface area contributed by atoms with Crippen molar-refractivity contribution in [3.05, 3.63) is 65.2 Å². The van der Waals surface area contributed by atoms with Crippen molar-refractivity contribution in [1.82, 2.24) is 9.80 Å². The number of carbonyl (C=O) groups excluding carboxylic acids is 2. The number of nitrogens with zero attached hydrogens (tertiary/aromatic N) is 2. The third-order valence-electron chi connectivity index (χ3n) is 6.16. The second-order valence-corrected chi connectivity index (χ2v) is 8.11. The number of methoxy groups -OCH3 is 1. The van der Waals surface area contributed by atoms with Crippen molar-refractivity contribution in [3.63, 3.8) is 0 Å². The number of carbonyl (C=O) groups is 2. The Morgan fingerprint density at radius 1 is 1.03 bits per heavy atom. The maximum Gasteiger partial charge on any atom is 0.295 e. The number of benzene rings is 2. The molecule has 1 unspecified atom stereocenters. The van der Waals surface area contributed by atoms with Gasteiger partial charge in [-0.2, -0.15) is 0 Å². The minimum absolute atomic E-state index is 0.0895. The molecule has 1 N–H and O–H groups in total. The number of aliphatic hydroxyl groups is 1. The highest BCUT2D eigenvalue weighted by Crippen LogP contribution is 2.40. The second kappa shape index (κ2) is 11.7. The summed E-state index contributed by atoms with van der Waals surface area (Å²) < 4.78 is 10.8. The molecule has 2 aromatic rings. The molecule has 0 radical (unpaired) electrons. The highest BCUT2D eigenvalue weighted by molar-refractivity contribution is 6.46. The number of Topliss-reactive ketones (excluding diaryl/α,β-unsaturated/α-hetero) is 1. The molecule has 0 bridgehead atoms. The highest BCUT2D eigenvalue weighted by atomic mass is 16.5. The normalized spacial score (nSPS) is 17.4. The Balaban J connectivity index is 2.03. The lowest BCUT2D eigenvalue weighted by atomic mass is 9.95. The zero-order valence-corrected chi connectivity index (χ0v) is 20.4. The SMILES string of the molecule is CCOc1cccc(C(O)=C2C(=O)C(=O)N(CCCN(CC)CC)C2c2ccc(OC)cc2)c1. The van der Waals surface area contributed by atoms with Crippen molar-refractivity contribution in [1.29, 1.82) is 0 Å². The van der Waals surface area contributed by atoms with Crippen molar-refractivity contribution in [2.75, 3.05) is 39.9 Å². The van der Waals surface area contributed by atoms with E-state index >= 15 is 0 Å². The predicted octanol–water partition coefficient (Wildman–Crippen LogP) is 4.25. The Kier molecular flexibility index (Phi) is 8.71. The fourth-order valence-electron chi connectivity index (χ4n) is 4.30. The van der Waals surface area contributed by atoms with Gasteiger partial charge in [0, 0.05) is 12.1 Å². The van der Waals surface area contributed by atoms with Crippen molar-refractivity contribution < 1.29 is 24.2 Å². The molecular weight excluding hydrogens is 432 g/mol. The average Bonchev–Trinajstić information content (AvgIpc) is 3.11. The van der Waals surface area contributed by atoms with Gasteiger partial charge in [0.25, 0.3) is 11.7 Å². The van der Waals surface area contributed by atoms with Crippen LogP contribution in [0.3, 0.4) is 0 Å². The van der Waals surface area contributed by atoms with E-state index in [0.717, 1.165) is 31.6 Å². The minimum Gasteiger partial charge on any atom is -0.507 e. The van der Waals surface area contributed by atoms with Gasteiger partial charge >= 0.3 is 0 Å². The van der Waals surface area contributed by atoms with Crippen LogP contribution in [0.15, 0.2) is 54.1 Å². The number of hydrogen-bond acceptors (Lipinski definition) is 6. The Morgan fingerprint density at radius 3 is 2.35 bits per heavy atom. The molecule has 3 rings (SSSR count). The topological polar surface area (TPSA) is 79.3 Å². The summed E-state index contributed by atoms with van der Waals surface area (Å²) in [5.74, 6) is -0.217. The maximum atomic E-state index is 13.2. The lowest BCUT2D eigenvalue weighted by Gasteiger charge is -2.27. The van der Waals surface area contributed by atoms with E-state index in [0.29, 0.717) is 30.2 Å². The first-order valence-corrected chi connectivity index (χ1v) is 11.8. The number of ether oxygens (including phenoxy) is 2. The molecular formula is C27H34N2O5. The molecule has 7 nitrogen and oxygen atoms in total. The van der Waals surface area contributed by atoms with Gasteiger partial charge in [-0.05, 0) is 62.8 Å². The van der Waals surface area contributed by atoms with E-state index in [-0.39, 0.29) is 11.3 Å². The molecule has 1 aliphatic heterocycles. The molecule has 1 atom stereocenters. The first kappa shape index (κ1) is 25.3. The Hall–Kier alpha value is -3.32. The van der Waals surface area contributed by atoms with E-state index in [9.17, 15) is 14.7 Å². The lowest BCUT2D eigenvalue weighted by molar-refractivity contribution is -0.140. The van der Waals surface area contributed by atoms with Crippen LogP contribution in [0.5, 0.6) is 11.5 Å². The first-order valence-electron chi connectivity index (χ1n) is 11.8. The molecule has 0 aliphatic carbocycles. The summed E-state index contributed by atoms with van der Waals surface area (Å²) in [7, 11) is 1.58. The summed E-state index contributed by atoms with van der Waals surface area (Å²) in [4.78, 5) is 30.1. The van der Waals surface area contributed by atoms with Gasteiger partial charge in [0.2, 0.25) is 0 Å². The van der Waals surface area contributed by atoms with Gasteiger partial charge in [-0.15, -0.1) is 0 Å². The van der Waals surface area contributed by atoms with Crippen molar-refractivity contribution in [2.45, 2.75) is 33.2 Å². The summed E-state index contributed by atoms with van der Waals surface area (Å²) in [6.45, 7) is 9.63. The number of ketones is 1. The Bertz CT molecular complexity index is 1030. The fraction of sp³-hybridized carbons (Fsp3) is 0.407. The summed E-state index contributed by atoms with van der Waals surface area (Å²) in [6.07, 6.45) is 0.723. The van der Waals surface area contributed by atoms with Crippen LogP contribution in [0.25, 0.3) is 5.76 Å². The maximum absolute atomic E-state index is 13.2. The van der Waals surface area contributed by atoms with Crippen LogP contribution in [0.2, 0.25) is 0 Å². The van der Waals surface area contributed by atoms with Crippen molar-refractivity contribution in [3.8, 4) is 11.5 Å². The van der Waals surface area contributed by atoms with Crippen LogP contribution in [-0.4, -0.2) is 66.5 Å². The molecule has 1 saturated heterocycles. The molecule has 1 fully saturated rings. The summed E-state index contributed by atoms with van der Waals surface area (Å²) >= 11 is 0. The lowest BCUT2D eigenvalue weighted by Crippen LogP contribution is -2.33. The molecule has 0 aromatic heterocycles. The minimum atomic E-state index is -0.682. The van der Waals surface area contributed by atoms with Crippen molar-refractivity contribution >= 4 is 17.4 Å². The third kappa shape index (κ3) is 5.42. The van der Waals surface area contributed by atoms with Crippen LogP contribution in [0, 0.1) is 0 Å². The van der Waals surface area contributed by atoms with Crippen LogP contribution >= 0.6 is 0 Å². The van der Waals surface area contributed by atoms with E-state index in [2.05, 4.69) is 18.7 Å². The molecule has 7 heteroatoms. The smallest absolute Gasteiger partial charge is 0.295 e. The number of aliphatic hydroxyl groups excluding tert-OH is 1. The quantitative estimate of drug-likeness (QED) is 0.303. The van der Waals surface area contributed by atoms with E-state index in [4.69, 9.17) is 9.47 Å². The standard InChI is InChI=1S/C27H34N2O5/c1-5-28(6-2)16-9-17-29-24(19-12-14-21(33-4)15-13-19)23(26(31)27(29)32)25(30)20-10-8-11-22(18-20)34-7-3/h8,10-15,18,24,30H,5-7,9,16-17H2,1-4H3. The molecule has 34 heavy (non-hydrogen) atoms. The van der Waals surface area contributed by atoms with Gasteiger partial charge in [0.1, 0.15) is 17.3 Å². The predicted molar refractivity (Wildman–Crippen MR) is 132 cm³/mol. The summed E-state index contributed by atoms with van der Waals surface area (Å²) in [5, 5.41) is 11.2. The largest absolute Gasteiger partial charge is 0.507 e. The van der Waals surface area contributed by atoms with Gasteiger partial charge < -0.3 is 24.4 Å². The van der Waals surface area contributed by atoms with Gasteiger partial charge in [-0.1, -0.05) is 38.1 Å². The van der Waals surface area contributed by atoms with E-state index in [1.807, 2.05) is 19.1 Å². The monoisotopic (exact) mass is 466 g/mol. The van der Waals surface area contributed by atoms with Gasteiger partial charge in [-0.25, -0.2) is 0 Å². The fourth-order valence-corrected chi connectivity index (χ4v) is 4.30. The second-order valence-electron chi connectivity index (χ2n) is 8.11. The van der Waals surface area contributed by atoms with E-state index in [1.165, 1.54) is 0 Å². The first-order chi connectivity index (χ1) is 16.4. The molecule has 0 saturated carbocycles. The zero-order valence-electron chi connectivity index (χ0n) is 20.4. The molecule has 1 aliphatic rings.